The van der Waals surface area contributed by atoms with E-state index in [1.165, 1.54) is 16.2 Å². The molecule has 0 aliphatic carbocycles. The van der Waals surface area contributed by atoms with E-state index in [9.17, 15) is 9.59 Å². The van der Waals surface area contributed by atoms with Crippen molar-refractivity contribution in [2.75, 3.05) is 28.8 Å². The van der Waals surface area contributed by atoms with Crippen molar-refractivity contribution in [1.82, 2.24) is 5.32 Å². The summed E-state index contributed by atoms with van der Waals surface area (Å²) in [5.41, 5.74) is 5.01. The van der Waals surface area contributed by atoms with Crippen LogP contribution in [0.1, 0.15) is 23.1 Å². The van der Waals surface area contributed by atoms with E-state index in [1.807, 2.05) is 43.3 Å². The normalized spacial score (nSPS) is 17.5. The molecule has 0 atom stereocenters. The van der Waals surface area contributed by atoms with Crippen molar-refractivity contribution in [2.45, 2.75) is 19.8 Å². The predicted octanol–water partition coefficient (Wildman–Crippen LogP) is 3.82. The van der Waals surface area contributed by atoms with Crippen molar-refractivity contribution in [3.8, 4) is 0 Å². The van der Waals surface area contributed by atoms with Gasteiger partial charge < -0.3 is 4.90 Å². The Hall–Kier alpha value is -2.70. The van der Waals surface area contributed by atoms with E-state index in [1.54, 1.807) is 6.08 Å². The van der Waals surface area contributed by atoms with Gasteiger partial charge in [-0.15, -0.1) is 11.6 Å². The molecule has 0 saturated carbocycles. The van der Waals surface area contributed by atoms with Gasteiger partial charge in [0.1, 0.15) is 5.57 Å². The molecule has 30 heavy (non-hydrogen) atoms. The zero-order valence-corrected chi connectivity index (χ0v) is 18.2. The van der Waals surface area contributed by atoms with Gasteiger partial charge in [0, 0.05) is 24.7 Å². The molecule has 154 valence electrons. The Bertz CT molecular complexity index is 1050. The average Bonchev–Trinajstić information content (AvgIpc) is 3.13. The van der Waals surface area contributed by atoms with Crippen molar-refractivity contribution in [1.29, 1.82) is 0 Å². The zero-order chi connectivity index (χ0) is 21.3. The van der Waals surface area contributed by atoms with Crippen LogP contribution in [0.25, 0.3) is 6.08 Å². The Morgan fingerprint density at radius 1 is 1.17 bits per heavy atom. The van der Waals surface area contributed by atoms with Crippen molar-refractivity contribution >= 4 is 58.2 Å². The Kier molecular flexibility index (Phi) is 5.88. The summed E-state index contributed by atoms with van der Waals surface area (Å²) in [4.78, 5) is 29.3. The summed E-state index contributed by atoms with van der Waals surface area (Å²) >= 11 is 11.1. The average molecular weight is 440 g/mol. The lowest BCUT2D eigenvalue weighted by atomic mass is 10.0. The Labute approximate surface area is 186 Å². The molecule has 0 unspecified atom stereocenters. The third-order valence-corrected chi connectivity index (χ3v) is 5.91. The predicted molar refractivity (Wildman–Crippen MR) is 125 cm³/mol. The number of thiocarbonyl (C=S) groups is 1. The van der Waals surface area contributed by atoms with Crippen LogP contribution in [0.2, 0.25) is 0 Å². The van der Waals surface area contributed by atoms with Crippen LogP contribution in [-0.4, -0.2) is 35.9 Å². The molecular weight excluding hydrogens is 418 g/mol. The molecule has 2 aromatic rings. The first-order chi connectivity index (χ1) is 14.5. The molecule has 0 bridgehead atoms. The van der Waals surface area contributed by atoms with E-state index < -0.39 is 11.8 Å². The number of carbonyl (C=O) groups excluding carboxylic acids is 2. The summed E-state index contributed by atoms with van der Waals surface area (Å²) < 4.78 is 0. The van der Waals surface area contributed by atoms with E-state index >= 15 is 0 Å². The second-order valence-electron chi connectivity index (χ2n) is 7.46. The van der Waals surface area contributed by atoms with Crippen LogP contribution in [0.3, 0.4) is 0 Å². The standard InChI is InChI=1S/C23H22ClN3O2S/c1-15-3-6-18(7-4-15)27-22(29)19(21(28)25-23(27)30)14-16-5-8-20-17(13-16)9-12-26(20)11-2-10-24/h3-8,13-14H,2,9-12H2,1H3,(H,25,28,30). The third kappa shape index (κ3) is 3.98. The third-order valence-electron chi connectivity index (χ3n) is 5.36. The summed E-state index contributed by atoms with van der Waals surface area (Å²) in [6.45, 7) is 3.86. The van der Waals surface area contributed by atoms with Crippen LogP contribution in [0.15, 0.2) is 48.0 Å². The highest BCUT2D eigenvalue weighted by atomic mass is 35.5. The number of rotatable bonds is 5. The highest BCUT2D eigenvalue weighted by Crippen LogP contribution is 2.30. The first-order valence-electron chi connectivity index (χ1n) is 9.90. The highest BCUT2D eigenvalue weighted by molar-refractivity contribution is 7.80. The molecule has 0 radical (unpaired) electrons. The fourth-order valence-electron chi connectivity index (χ4n) is 3.82. The number of alkyl halides is 1. The van der Waals surface area contributed by atoms with Crippen molar-refractivity contribution < 1.29 is 9.59 Å². The van der Waals surface area contributed by atoms with Crippen LogP contribution < -0.4 is 15.1 Å². The zero-order valence-electron chi connectivity index (χ0n) is 16.7. The molecule has 1 N–H and O–H groups in total. The maximum atomic E-state index is 13.1. The Morgan fingerprint density at radius 2 is 1.93 bits per heavy atom. The monoisotopic (exact) mass is 439 g/mol. The van der Waals surface area contributed by atoms with Gasteiger partial charge in [0.15, 0.2) is 5.11 Å². The molecule has 2 heterocycles. The fraction of sp³-hybridized carbons (Fsp3) is 0.261. The van der Waals surface area contributed by atoms with Gasteiger partial charge in [-0.3, -0.25) is 19.8 Å². The summed E-state index contributed by atoms with van der Waals surface area (Å²) in [6, 6.07) is 13.5. The second kappa shape index (κ2) is 8.58. The summed E-state index contributed by atoms with van der Waals surface area (Å²) in [5, 5.41) is 2.73. The lowest BCUT2D eigenvalue weighted by Crippen LogP contribution is -2.54. The van der Waals surface area contributed by atoms with Gasteiger partial charge in [0.2, 0.25) is 0 Å². The van der Waals surface area contributed by atoms with Gasteiger partial charge in [-0.05, 0) is 73.5 Å². The summed E-state index contributed by atoms with van der Waals surface area (Å²) in [5.74, 6) is -0.249. The summed E-state index contributed by atoms with van der Waals surface area (Å²) in [7, 11) is 0. The van der Waals surface area contributed by atoms with Gasteiger partial charge in [0.05, 0.1) is 5.69 Å². The number of nitrogens with one attached hydrogen (secondary N) is 1. The highest BCUT2D eigenvalue weighted by Gasteiger charge is 2.34. The van der Waals surface area contributed by atoms with E-state index in [2.05, 4.69) is 16.3 Å². The minimum atomic E-state index is -0.474. The van der Waals surface area contributed by atoms with Crippen LogP contribution in [0, 0.1) is 6.92 Å². The molecule has 7 heteroatoms. The van der Waals surface area contributed by atoms with Crippen molar-refractivity contribution in [2.24, 2.45) is 0 Å². The molecule has 1 saturated heterocycles. The number of carbonyl (C=O) groups is 2. The van der Waals surface area contributed by atoms with E-state index in [4.69, 9.17) is 23.8 Å². The largest absolute Gasteiger partial charge is 0.371 e. The van der Waals surface area contributed by atoms with Crippen molar-refractivity contribution in [3.05, 3.63) is 64.7 Å². The van der Waals surface area contributed by atoms with E-state index in [-0.39, 0.29) is 10.7 Å². The topological polar surface area (TPSA) is 52.7 Å². The molecule has 0 aromatic heterocycles. The van der Waals surface area contributed by atoms with Crippen LogP contribution in [0.4, 0.5) is 11.4 Å². The molecule has 4 rings (SSSR count). The first-order valence-corrected chi connectivity index (χ1v) is 10.8. The van der Waals surface area contributed by atoms with Crippen LogP contribution >= 0.6 is 23.8 Å². The lowest BCUT2D eigenvalue weighted by molar-refractivity contribution is -0.122. The maximum absolute atomic E-state index is 13.1. The molecule has 5 nitrogen and oxygen atoms in total. The minimum absolute atomic E-state index is 0.0705. The molecule has 1 fully saturated rings. The number of aryl methyl sites for hydroxylation is 1. The second-order valence-corrected chi connectivity index (χ2v) is 8.23. The molecular formula is C23H22ClN3O2S. The van der Waals surface area contributed by atoms with Crippen molar-refractivity contribution in [3.63, 3.8) is 0 Å². The number of hydrogen-bond acceptors (Lipinski definition) is 4. The van der Waals surface area contributed by atoms with Gasteiger partial charge in [-0.1, -0.05) is 23.8 Å². The van der Waals surface area contributed by atoms with Gasteiger partial charge >= 0.3 is 0 Å². The van der Waals surface area contributed by atoms with E-state index in [0.29, 0.717) is 11.6 Å². The molecule has 0 spiro atoms. The lowest BCUT2D eigenvalue weighted by Gasteiger charge is -2.29. The molecule has 2 aliphatic rings. The minimum Gasteiger partial charge on any atom is -0.371 e. The Morgan fingerprint density at radius 3 is 2.67 bits per heavy atom. The number of fused-ring (bicyclic) bond motifs is 1. The van der Waals surface area contributed by atoms with Crippen LogP contribution in [0.5, 0.6) is 0 Å². The smallest absolute Gasteiger partial charge is 0.270 e. The van der Waals surface area contributed by atoms with Crippen LogP contribution in [-0.2, 0) is 16.0 Å². The SMILES string of the molecule is Cc1ccc(N2C(=O)C(=Cc3ccc4c(c3)CCN4CCCCl)C(=O)NC2=S)cc1. The molecule has 2 amide bonds. The molecule has 2 aliphatic heterocycles. The molecule has 2 aromatic carbocycles. The number of hydrogen-bond donors (Lipinski definition) is 1. The fourth-order valence-corrected chi connectivity index (χ4v) is 4.22. The number of amides is 2. The van der Waals surface area contributed by atoms with Gasteiger partial charge in [-0.25, -0.2) is 0 Å². The van der Waals surface area contributed by atoms with Gasteiger partial charge in [-0.2, -0.15) is 0 Å². The quantitative estimate of drug-likeness (QED) is 0.333. The number of halogens is 1. The number of benzene rings is 2. The number of anilines is 2. The van der Waals surface area contributed by atoms with E-state index in [0.717, 1.165) is 37.1 Å². The maximum Gasteiger partial charge on any atom is 0.270 e. The van der Waals surface area contributed by atoms with Gasteiger partial charge in [0.25, 0.3) is 11.8 Å². The first kappa shape index (κ1) is 20.6. The summed E-state index contributed by atoms with van der Waals surface area (Å²) in [6.07, 6.45) is 3.52. The number of nitrogens with zero attached hydrogens (tertiary/aromatic N) is 2. The Balaban J connectivity index is 1.62.